The Bertz CT molecular complexity index is 1840. The van der Waals surface area contributed by atoms with Gasteiger partial charge >= 0.3 is 0 Å². The van der Waals surface area contributed by atoms with Gasteiger partial charge in [0.1, 0.15) is 23.6 Å². The van der Waals surface area contributed by atoms with Crippen LogP contribution in [0.2, 0.25) is 0 Å². The monoisotopic (exact) mass is 658 g/mol. The van der Waals surface area contributed by atoms with Crippen LogP contribution in [0.15, 0.2) is 66.9 Å². The molecule has 0 unspecified atom stereocenters. The van der Waals surface area contributed by atoms with Crippen molar-refractivity contribution in [2.24, 2.45) is 5.41 Å². The summed E-state index contributed by atoms with van der Waals surface area (Å²) in [5.41, 5.74) is -0.197. The summed E-state index contributed by atoms with van der Waals surface area (Å²) in [5.74, 6) is -0.851. The minimum atomic E-state index is -1.28. The molecule has 0 bridgehead atoms. The summed E-state index contributed by atoms with van der Waals surface area (Å²) < 4.78 is 51.9. The summed E-state index contributed by atoms with van der Waals surface area (Å²) in [4.78, 5) is 30.4. The second-order valence-electron chi connectivity index (χ2n) is 12.7. The molecule has 1 saturated heterocycles. The molecule has 2 amide bonds. The van der Waals surface area contributed by atoms with Gasteiger partial charge in [0.25, 0.3) is 0 Å². The van der Waals surface area contributed by atoms with E-state index in [0.717, 1.165) is 45.0 Å². The van der Waals surface area contributed by atoms with Crippen molar-refractivity contribution in [3.05, 3.63) is 78.5 Å². The van der Waals surface area contributed by atoms with Crippen LogP contribution in [0.1, 0.15) is 38.5 Å². The summed E-state index contributed by atoms with van der Waals surface area (Å²) in [6.45, 7) is 2.04. The lowest BCUT2D eigenvalue weighted by Crippen LogP contribution is -2.46. The van der Waals surface area contributed by atoms with E-state index >= 15 is 4.39 Å². The number of anilines is 2. The van der Waals surface area contributed by atoms with E-state index in [1.165, 1.54) is 36.4 Å². The minimum Gasteiger partial charge on any atom is -0.493 e. The summed E-state index contributed by atoms with van der Waals surface area (Å²) in [6.07, 6.45) is 6.32. The lowest BCUT2D eigenvalue weighted by atomic mass is 10.0. The van der Waals surface area contributed by atoms with Gasteiger partial charge in [-0.25, -0.2) is 8.78 Å². The SMILES string of the molecule is COc1cc2c(Oc3ccc(NC(=O)C4(C(=O)Nc5ccc(F)cc5)CC4)cc3F)ccnc2cc1OCC1(NC2CCOCC2)CC1. The molecule has 12 heteroatoms. The number of carbonyl (C=O) groups excluding carboxylic acids is 2. The molecule has 48 heavy (non-hydrogen) atoms. The molecule has 3 aromatic carbocycles. The van der Waals surface area contributed by atoms with E-state index < -0.39 is 28.9 Å². The van der Waals surface area contributed by atoms with Crippen LogP contribution in [0, 0.1) is 17.0 Å². The normalized spacial score (nSPS) is 17.7. The lowest BCUT2D eigenvalue weighted by Gasteiger charge is -2.28. The van der Waals surface area contributed by atoms with Gasteiger partial charge in [0.2, 0.25) is 11.8 Å². The van der Waals surface area contributed by atoms with Crippen molar-refractivity contribution in [1.29, 1.82) is 0 Å². The molecular weight excluding hydrogens is 622 g/mol. The van der Waals surface area contributed by atoms with E-state index in [1.807, 2.05) is 0 Å². The van der Waals surface area contributed by atoms with Crippen LogP contribution in [-0.4, -0.2) is 55.3 Å². The predicted octanol–water partition coefficient (Wildman–Crippen LogP) is 6.35. The van der Waals surface area contributed by atoms with Gasteiger partial charge < -0.3 is 34.9 Å². The molecule has 1 aromatic heterocycles. The van der Waals surface area contributed by atoms with Crippen LogP contribution in [0.4, 0.5) is 20.2 Å². The van der Waals surface area contributed by atoms with Crippen LogP contribution in [0.3, 0.4) is 0 Å². The molecule has 3 N–H and O–H groups in total. The van der Waals surface area contributed by atoms with E-state index in [1.54, 1.807) is 31.5 Å². The number of halogens is 2. The molecule has 4 aromatic rings. The number of nitrogens with one attached hydrogen (secondary N) is 3. The van der Waals surface area contributed by atoms with Crippen LogP contribution >= 0.6 is 0 Å². The maximum Gasteiger partial charge on any atom is 0.240 e. The van der Waals surface area contributed by atoms with E-state index in [4.69, 9.17) is 18.9 Å². The first-order chi connectivity index (χ1) is 23.3. The zero-order valence-electron chi connectivity index (χ0n) is 26.4. The fourth-order valence-electron chi connectivity index (χ4n) is 5.96. The van der Waals surface area contributed by atoms with Crippen LogP contribution < -0.4 is 30.2 Å². The highest BCUT2D eigenvalue weighted by molar-refractivity contribution is 6.16. The summed E-state index contributed by atoms with van der Waals surface area (Å²) in [5, 5.41) is 9.67. The lowest BCUT2D eigenvalue weighted by molar-refractivity contribution is -0.131. The number of aromatic nitrogens is 1. The van der Waals surface area contributed by atoms with Gasteiger partial charge in [0.05, 0.1) is 18.2 Å². The van der Waals surface area contributed by atoms with Gasteiger partial charge in [-0.1, -0.05) is 0 Å². The Balaban J connectivity index is 1.02. The molecule has 2 saturated carbocycles. The van der Waals surface area contributed by atoms with Gasteiger partial charge in [0.15, 0.2) is 23.1 Å². The molecular formula is C36H36F2N4O6. The van der Waals surface area contributed by atoms with Crippen molar-refractivity contribution in [2.45, 2.75) is 50.1 Å². The fourth-order valence-corrected chi connectivity index (χ4v) is 5.96. The number of fused-ring (bicyclic) bond motifs is 1. The van der Waals surface area contributed by atoms with Crippen molar-refractivity contribution < 1.29 is 37.3 Å². The predicted molar refractivity (Wildman–Crippen MR) is 175 cm³/mol. The number of hydrogen-bond donors (Lipinski definition) is 3. The molecule has 3 fully saturated rings. The quantitative estimate of drug-likeness (QED) is 0.151. The Morgan fingerprint density at radius 1 is 0.854 bits per heavy atom. The van der Waals surface area contributed by atoms with E-state index in [9.17, 15) is 14.0 Å². The Hall–Kier alpha value is -4.81. The molecule has 2 heterocycles. The summed E-state index contributed by atoms with van der Waals surface area (Å²) >= 11 is 0. The van der Waals surface area contributed by atoms with Gasteiger partial charge in [-0.05, 0) is 87.1 Å². The smallest absolute Gasteiger partial charge is 0.240 e. The van der Waals surface area contributed by atoms with Crippen molar-refractivity contribution in [3.8, 4) is 23.0 Å². The standard InChI is InChI=1S/C36H36F2N4O6/c1-45-31-19-26-28(20-32(31)47-21-35(11-12-35)42-24-9-16-46-17-10-24)39-15-8-29(26)48-30-7-6-25(18-27(30)38)41-34(44)36(13-14-36)33(43)40-23-4-2-22(37)3-5-23/h2-8,15,18-20,24,42H,9-14,16-17,21H2,1H3,(H,40,43)(H,41,44). The molecule has 2 aliphatic carbocycles. The van der Waals surface area contributed by atoms with Crippen LogP contribution in [0.25, 0.3) is 10.9 Å². The molecule has 3 aliphatic rings. The number of pyridine rings is 1. The number of rotatable bonds is 12. The summed E-state index contributed by atoms with van der Waals surface area (Å²) in [7, 11) is 1.56. The molecule has 0 atom stereocenters. The maximum absolute atomic E-state index is 15.3. The van der Waals surface area contributed by atoms with Gasteiger partial charge in [-0.3, -0.25) is 14.6 Å². The van der Waals surface area contributed by atoms with E-state index in [2.05, 4.69) is 20.9 Å². The van der Waals surface area contributed by atoms with Crippen molar-refractivity contribution >= 4 is 34.1 Å². The summed E-state index contributed by atoms with van der Waals surface area (Å²) in [6, 6.07) is 14.9. The number of amides is 2. The minimum absolute atomic E-state index is 0.0564. The molecule has 1 aliphatic heterocycles. The second kappa shape index (κ2) is 13.0. The van der Waals surface area contributed by atoms with Gasteiger partial charge in [0, 0.05) is 54.3 Å². The van der Waals surface area contributed by atoms with Crippen LogP contribution in [0.5, 0.6) is 23.0 Å². The third-order valence-corrected chi connectivity index (χ3v) is 9.21. The number of carbonyl (C=O) groups is 2. The number of nitrogens with zero attached hydrogens (tertiary/aromatic N) is 1. The third kappa shape index (κ3) is 6.76. The first-order valence-corrected chi connectivity index (χ1v) is 16.1. The average Bonchev–Trinajstić information content (AvgIpc) is 4.03. The fraction of sp³-hybridized carbons (Fsp3) is 0.361. The van der Waals surface area contributed by atoms with E-state index in [0.29, 0.717) is 59.3 Å². The van der Waals surface area contributed by atoms with Crippen molar-refractivity contribution in [2.75, 3.05) is 37.6 Å². The highest BCUT2D eigenvalue weighted by atomic mass is 19.1. The number of hydrogen-bond acceptors (Lipinski definition) is 8. The number of methoxy groups -OCH3 is 1. The number of benzene rings is 3. The largest absolute Gasteiger partial charge is 0.493 e. The highest BCUT2D eigenvalue weighted by Gasteiger charge is 2.56. The molecule has 7 rings (SSSR count). The Kier molecular flexibility index (Phi) is 8.61. The van der Waals surface area contributed by atoms with Gasteiger partial charge in [-0.2, -0.15) is 0 Å². The molecule has 10 nitrogen and oxygen atoms in total. The number of ether oxygens (including phenoxy) is 4. The first-order valence-electron chi connectivity index (χ1n) is 16.1. The molecule has 0 spiro atoms. The topological polar surface area (TPSA) is 120 Å². The molecule has 0 radical (unpaired) electrons. The highest BCUT2D eigenvalue weighted by Crippen LogP contribution is 2.48. The van der Waals surface area contributed by atoms with E-state index in [-0.39, 0.29) is 17.0 Å². The Labute approximate surface area is 276 Å². The second-order valence-corrected chi connectivity index (χ2v) is 12.7. The van der Waals surface area contributed by atoms with Gasteiger partial charge in [-0.15, -0.1) is 0 Å². The van der Waals surface area contributed by atoms with Crippen molar-refractivity contribution in [1.82, 2.24) is 10.3 Å². The Morgan fingerprint density at radius 2 is 1.56 bits per heavy atom. The van der Waals surface area contributed by atoms with Crippen LogP contribution in [-0.2, 0) is 14.3 Å². The zero-order valence-corrected chi connectivity index (χ0v) is 26.4. The zero-order chi connectivity index (χ0) is 33.3. The first kappa shape index (κ1) is 31.8. The molecule has 250 valence electrons. The average molecular weight is 659 g/mol. The third-order valence-electron chi connectivity index (χ3n) is 9.21. The van der Waals surface area contributed by atoms with Crippen molar-refractivity contribution in [3.63, 3.8) is 0 Å². The maximum atomic E-state index is 15.3. The Morgan fingerprint density at radius 3 is 2.23 bits per heavy atom.